The van der Waals surface area contributed by atoms with E-state index in [9.17, 15) is 0 Å². The minimum Gasteiger partial charge on any atom is -0.330 e. The third-order valence-corrected chi connectivity index (χ3v) is 1.68. The van der Waals surface area contributed by atoms with E-state index in [2.05, 4.69) is 32.9 Å². The predicted molar refractivity (Wildman–Crippen MR) is 59.7 cm³/mol. The first-order valence-electron chi connectivity index (χ1n) is 4.88. The normalized spacial score (nSPS) is 9.31. The van der Waals surface area contributed by atoms with E-state index < -0.39 is 0 Å². The Labute approximate surface area is 82.0 Å². The summed E-state index contributed by atoms with van der Waals surface area (Å²) in [5, 5.41) is 0. The van der Waals surface area contributed by atoms with Gasteiger partial charge in [-0.25, -0.2) is 0 Å². The van der Waals surface area contributed by atoms with Crippen LogP contribution in [0.15, 0.2) is 30.3 Å². The molecule has 0 fully saturated rings. The van der Waals surface area contributed by atoms with Crippen molar-refractivity contribution in [2.75, 3.05) is 6.54 Å². The Hall–Kier alpha value is -0.820. The van der Waals surface area contributed by atoms with Gasteiger partial charge in [0.15, 0.2) is 0 Å². The number of hydrogen-bond donors (Lipinski definition) is 1. The summed E-state index contributed by atoms with van der Waals surface area (Å²) in [7, 11) is 0. The summed E-state index contributed by atoms with van der Waals surface area (Å²) in [4.78, 5) is 0. The Morgan fingerprint density at radius 2 is 1.69 bits per heavy atom. The fraction of sp³-hybridized carbons (Fsp3) is 0.500. The van der Waals surface area contributed by atoms with E-state index in [0.717, 1.165) is 18.9 Å². The molecule has 0 amide bonds. The molecule has 0 aliphatic carbocycles. The maximum absolute atomic E-state index is 5.23. The van der Waals surface area contributed by atoms with Crippen LogP contribution in [0.2, 0.25) is 0 Å². The lowest BCUT2D eigenvalue weighted by Gasteiger charge is -1.96. The van der Waals surface area contributed by atoms with Crippen molar-refractivity contribution in [3.05, 3.63) is 35.9 Å². The third-order valence-electron chi connectivity index (χ3n) is 1.68. The van der Waals surface area contributed by atoms with Crippen LogP contribution in [0.3, 0.4) is 0 Å². The van der Waals surface area contributed by atoms with Crippen LogP contribution < -0.4 is 5.73 Å². The molecule has 0 aliphatic rings. The summed E-state index contributed by atoms with van der Waals surface area (Å²) >= 11 is 0. The molecule has 0 aliphatic heterocycles. The second-order valence-corrected chi connectivity index (χ2v) is 3.63. The predicted octanol–water partition coefficient (Wildman–Crippen LogP) is 2.99. The molecule has 0 atom stereocenters. The number of benzene rings is 1. The molecule has 0 spiro atoms. The highest BCUT2D eigenvalue weighted by molar-refractivity contribution is 5.11. The molecule has 0 saturated carbocycles. The van der Waals surface area contributed by atoms with Crippen LogP contribution in [0.5, 0.6) is 0 Å². The molecule has 1 aromatic carbocycles. The van der Waals surface area contributed by atoms with Crippen LogP contribution >= 0.6 is 0 Å². The van der Waals surface area contributed by atoms with Gasteiger partial charge in [0.1, 0.15) is 0 Å². The van der Waals surface area contributed by atoms with Crippen molar-refractivity contribution in [1.29, 1.82) is 0 Å². The van der Waals surface area contributed by atoms with Crippen LogP contribution in [-0.2, 0) is 0 Å². The van der Waals surface area contributed by atoms with E-state index in [-0.39, 0.29) is 0 Å². The minimum atomic E-state index is 0.773. The van der Waals surface area contributed by atoms with Gasteiger partial charge in [-0.05, 0) is 25.8 Å². The Kier molecular flexibility index (Phi) is 7.32. The monoisotopic (exact) mass is 179 g/mol. The van der Waals surface area contributed by atoms with E-state index in [1.807, 2.05) is 18.2 Å². The summed E-state index contributed by atoms with van der Waals surface area (Å²) in [5.74, 6) is 0.773. The molecule has 0 radical (unpaired) electrons. The van der Waals surface area contributed by atoms with Gasteiger partial charge in [0.2, 0.25) is 0 Å². The summed E-state index contributed by atoms with van der Waals surface area (Å²) < 4.78 is 0. The largest absolute Gasteiger partial charge is 0.330 e. The van der Waals surface area contributed by atoms with Crippen LogP contribution in [-0.4, -0.2) is 6.54 Å². The standard InChI is InChI=1S/C7H8.C5H13N/c1-7-5-3-2-4-6-7;1-5(2)3-4-6/h2-6H,1H3;5H,3-4,6H2,1-2H3. The maximum Gasteiger partial charge on any atom is -0.00748 e. The molecular formula is C12H21N. The van der Waals surface area contributed by atoms with Crippen LogP contribution in [0.25, 0.3) is 0 Å². The Balaban J connectivity index is 0.000000226. The third kappa shape index (κ3) is 9.09. The smallest absolute Gasteiger partial charge is 0.00748 e. The van der Waals surface area contributed by atoms with Gasteiger partial charge in [0.25, 0.3) is 0 Å². The van der Waals surface area contributed by atoms with Crippen molar-refractivity contribution in [1.82, 2.24) is 0 Å². The average Bonchev–Trinajstić information content (AvgIpc) is 2.06. The lowest BCUT2D eigenvalue weighted by atomic mass is 10.1. The summed E-state index contributed by atoms with van der Waals surface area (Å²) in [6.45, 7) is 7.26. The maximum atomic E-state index is 5.23. The SMILES string of the molecule is CC(C)CCN.Cc1ccccc1. The van der Waals surface area contributed by atoms with Crippen molar-refractivity contribution in [2.24, 2.45) is 11.7 Å². The number of hydrogen-bond acceptors (Lipinski definition) is 1. The minimum absolute atomic E-state index is 0.773. The molecular weight excluding hydrogens is 158 g/mol. The van der Waals surface area contributed by atoms with Gasteiger partial charge in [0, 0.05) is 0 Å². The van der Waals surface area contributed by atoms with E-state index in [1.54, 1.807) is 0 Å². The zero-order valence-electron chi connectivity index (χ0n) is 8.96. The fourth-order valence-corrected chi connectivity index (χ4v) is 0.868. The summed E-state index contributed by atoms with van der Waals surface area (Å²) in [5.41, 5.74) is 6.55. The van der Waals surface area contributed by atoms with Gasteiger partial charge in [0.05, 0.1) is 0 Å². The average molecular weight is 179 g/mol. The lowest BCUT2D eigenvalue weighted by molar-refractivity contribution is 0.596. The summed E-state index contributed by atoms with van der Waals surface area (Å²) in [6.07, 6.45) is 1.15. The first-order valence-corrected chi connectivity index (χ1v) is 4.88. The van der Waals surface area contributed by atoms with Gasteiger partial charge < -0.3 is 5.73 Å². The second-order valence-electron chi connectivity index (χ2n) is 3.63. The van der Waals surface area contributed by atoms with Gasteiger partial charge in [-0.15, -0.1) is 0 Å². The van der Waals surface area contributed by atoms with Crippen LogP contribution in [0.4, 0.5) is 0 Å². The molecule has 1 rings (SSSR count). The molecule has 0 unspecified atom stereocenters. The van der Waals surface area contributed by atoms with Crippen molar-refractivity contribution in [2.45, 2.75) is 27.2 Å². The second kappa shape index (κ2) is 7.81. The lowest BCUT2D eigenvalue weighted by Crippen LogP contribution is -2.01. The molecule has 0 bridgehead atoms. The fourth-order valence-electron chi connectivity index (χ4n) is 0.868. The molecule has 0 heterocycles. The Bertz CT molecular complexity index is 192. The molecule has 0 saturated heterocycles. The quantitative estimate of drug-likeness (QED) is 0.742. The molecule has 74 valence electrons. The summed E-state index contributed by atoms with van der Waals surface area (Å²) in [6, 6.07) is 10.3. The Morgan fingerprint density at radius 1 is 1.15 bits per heavy atom. The zero-order chi connectivity index (χ0) is 10.1. The van der Waals surface area contributed by atoms with E-state index in [4.69, 9.17) is 5.73 Å². The zero-order valence-corrected chi connectivity index (χ0v) is 8.96. The number of nitrogens with two attached hydrogens (primary N) is 1. The van der Waals surface area contributed by atoms with Crippen molar-refractivity contribution in [3.8, 4) is 0 Å². The molecule has 1 heteroatoms. The van der Waals surface area contributed by atoms with Gasteiger partial charge in [-0.1, -0.05) is 49.7 Å². The molecule has 13 heavy (non-hydrogen) atoms. The van der Waals surface area contributed by atoms with Crippen molar-refractivity contribution >= 4 is 0 Å². The van der Waals surface area contributed by atoms with Gasteiger partial charge in [-0.3, -0.25) is 0 Å². The van der Waals surface area contributed by atoms with E-state index in [1.165, 1.54) is 5.56 Å². The molecule has 1 nitrogen and oxygen atoms in total. The molecule has 0 aromatic heterocycles. The number of aryl methyl sites for hydroxylation is 1. The molecule has 1 aromatic rings. The first kappa shape index (κ1) is 12.2. The van der Waals surface area contributed by atoms with Gasteiger partial charge >= 0.3 is 0 Å². The highest BCUT2D eigenvalue weighted by Gasteiger charge is 1.85. The highest BCUT2D eigenvalue weighted by atomic mass is 14.5. The van der Waals surface area contributed by atoms with E-state index >= 15 is 0 Å². The van der Waals surface area contributed by atoms with Gasteiger partial charge in [-0.2, -0.15) is 0 Å². The highest BCUT2D eigenvalue weighted by Crippen LogP contribution is 1.94. The topological polar surface area (TPSA) is 26.0 Å². The number of rotatable bonds is 2. The van der Waals surface area contributed by atoms with Crippen LogP contribution in [0.1, 0.15) is 25.8 Å². The Morgan fingerprint density at radius 3 is 1.85 bits per heavy atom. The van der Waals surface area contributed by atoms with Crippen molar-refractivity contribution < 1.29 is 0 Å². The molecule has 2 N–H and O–H groups in total. The van der Waals surface area contributed by atoms with E-state index in [0.29, 0.717) is 0 Å². The first-order chi connectivity index (χ1) is 6.16. The van der Waals surface area contributed by atoms with Crippen molar-refractivity contribution in [3.63, 3.8) is 0 Å². The van der Waals surface area contributed by atoms with Crippen LogP contribution in [0, 0.1) is 12.8 Å².